The van der Waals surface area contributed by atoms with Gasteiger partial charge >= 0.3 is 0 Å². The van der Waals surface area contributed by atoms with Gasteiger partial charge in [-0.15, -0.1) is 0 Å². The van der Waals surface area contributed by atoms with Crippen molar-refractivity contribution < 1.29 is 9.90 Å². The van der Waals surface area contributed by atoms with Gasteiger partial charge in [-0.05, 0) is 24.6 Å². The van der Waals surface area contributed by atoms with Crippen molar-refractivity contribution in [1.29, 1.82) is 0 Å². The summed E-state index contributed by atoms with van der Waals surface area (Å²) in [6, 6.07) is 6.48. The molecule has 1 fully saturated rings. The Hall–Kier alpha value is -1.55. The van der Waals surface area contributed by atoms with Crippen LogP contribution in [0.2, 0.25) is 0 Å². The minimum absolute atomic E-state index is 0.0566. The molecule has 0 spiro atoms. The molecule has 0 aliphatic carbocycles. The molecule has 4 heteroatoms. The summed E-state index contributed by atoms with van der Waals surface area (Å²) in [7, 11) is 0. The molecular formula is C11H14N2O2. The lowest BCUT2D eigenvalue weighted by atomic mass is 10.2. The van der Waals surface area contributed by atoms with Gasteiger partial charge in [-0.2, -0.15) is 0 Å². The van der Waals surface area contributed by atoms with E-state index in [1.165, 1.54) is 6.07 Å². The molecule has 80 valence electrons. The Labute approximate surface area is 88.3 Å². The molecule has 2 rings (SSSR count). The number of likely N-dealkylation sites (tertiary alicyclic amines) is 1. The summed E-state index contributed by atoms with van der Waals surface area (Å²) in [5, 5.41) is 9.26. The molecule has 3 N–H and O–H groups in total. The minimum atomic E-state index is -0.0566. The largest absolute Gasteiger partial charge is 0.508 e. The Morgan fingerprint density at radius 2 is 2.33 bits per heavy atom. The molecule has 0 aromatic heterocycles. The van der Waals surface area contributed by atoms with Gasteiger partial charge in [0.1, 0.15) is 5.75 Å². The lowest BCUT2D eigenvalue weighted by Gasteiger charge is -2.15. The van der Waals surface area contributed by atoms with Gasteiger partial charge in [-0.25, -0.2) is 0 Å². The second-order valence-corrected chi connectivity index (χ2v) is 3.85. The highest BCUT2D eigenvalue weighted by Gasteiger charge is 2.24. The normalized spacial score (nSPS) is 20.6. The average molecular weight is 206 g/mol. The van der Waals surface area contributed by atoms with Crippen LogP contribution in [0.4, 0.5) is 0 Å². The van der Waals surface area contributed by atoms with Crippen LogP contribution in [0.25, 0.3) is 0 Å². The lowest BCUT2D eigenvalue weighted by Crippen LogP contribution is -2.31. The molecule has 0 bridgehead atoms. The number of nitrogens with zero attached hydrogens (tertiary/aromatic N) is 1. The van der Waals surface area contributed by atoms with Crippen molar-refractivity contribution in [2.24, 2.45) is 5.73 Å². The van der Waals surface area contributed by atoms with E-state index in [2.05, 4.69) is 0 Å². The number of phenols is 1. The Bertz CT molecular complexity index is 379. The van der Waals surface area contributed by atoms with Gasteiger partial charge in [0, 0.05) is 24.7 Å². The number of amides is 1. The molecule has 0 radical (unpaired) electrons. The summed E-state index contributed by atoms with van der Waals surface area (Å²) < 4.78 is 0. The third-order valence-electron chi connectivity index (χ3n) is 2.61. The number of benzene rings is 1. The SMILES string of the molecule is NC1CCN(C(=O)c2cccc(O)c2)C1. The predicted octanol–water partition coefficient (Wildman–Crippen LogP) is 0.565. The summed E-state index contributed by atoms with van der Waals surface area (Å²) >= 11 is 0. The Balaban J connectivity index is 2.14. The summed E-state index contributed by atoms with van der Waals surface area (Å²) in [6.45, 7) is 1.31. The van der Waals surface area contributed by atoms with E-state index >= 15 is 0 Å². The van der Waals surface area contributed by atoms with Crippen molar-refractivity contribution >= 4 is 5.91 Å². The summed E-state index contributed by atoms with van der Waals surface area (Å²) in [6.07, 6.45) is 0.852. The maximum atomic E-state index is 11.9. The minimum Gasteiger partial charge on any atom is -0.508 e. The number of carbonyl (C=O) groups is 1. The highest BCUT2D eigenvalue weighted by molar-refractivity contribution is 5.94. The number of phenolic OH excluding ortho intramolecular Hbond substituents is 1. The lowest BCUT2D eigenvalue weighted by molar-refractivity contribution is 0.0790. The molecule has 1 aromatic carbocycles. The van der Waals surface area contributed by atoms with Gasteiger partial charge < -0.3 is 15.7 Å². The standard InChI is InChI=1S/C11H14N2O2/c12-9-4-5-13(7-9)11(15)8-2-1-3-10(14)6-8/h1-3,6,9,14H,4-5,7,12H2. The Morgan fingerprint density at radius 3 is 2.93 bits per heavy atom. The predicted molar refractivity (Wildman–Crippen MR) is 56.6 cm³/mol. The van der Waals surface area contributed by atoms with Crippen LogP contribution < -0.4 is 5.73 Å². The Kier molecular flexibility index (Phi) is 2.60. The number of aromatic hydroxyl groups is 1. The number of nitrogens with two attached hydrogens (primary N) is 1. The third-order valence-corrected chi connectivity index (χ3v) is 2.61. The van der Waals surface area contributed by atoms with E-state index in [1.807, 2.05) is 0 Å². The van der Waals surface area contributed by atoms with Gasteiger partial charge in [0.15, 0.2) is 0 Å². The molecule has 15 heavy (non-hydrogen) atoms. The van der Waals surface area contributed by atoms with Gasteiger partial charge in [0.25, 0.3) is 5.91 Å². The molecule has 1 saturated heterocycles. The third kappa shape index (κ3) is 2.10. The fourth-order valence-corrected chi connectivity index (χ4v) is 1.79. The van der Waals surface area contributed by atoms with Gasteiger partial charge in [0.05, 0.1) is 0 Å². The van der Waals surface area contributed by atoms with Crippen LogP contribution in [-0.4, -0.2) is 35.0 Å². The number of rotatable bonds is 1. The average Bonchev–Trinajstić information content (AvgIpc) is 2.64. The quantitative estimate of drug-likeness (QED) is 0.705. The van der Waals surface area contributed by atoms with Crippen molar-refractivity contribution in [2.75, 3.05) is 13.1 Å². The first-order valence-electron chi connectivity index (χ1n) is 5.00. The second kappa shape index (κ2) is 3.90. The highest BCUT2D eigenvalue weighted by Crippen LogP contribution is 2.16. The van der Waals surface area contributed by atoms with Crippen LogP contribution in [0.1, 0.15) is 16.8 Å². The summed E-state index contributed by atoms with van der Waals surface area (Å²) in [4.78, 5) is 13.6. The first kappa shape index (κ1) is 9.98. The number of hydrogen-bond donors (Lipinski definition) is 2. The first-order chi connectivity index (χ1) is 7.16. The molecule has 1 amide bonds. The van der Waals surface area contributed by atoms with E-state index in [4.69, 9.17) is 5.73 Å². The second-order valence-electron chi connectivity index (χ2n) is 3.85. The number of hydrogen-bond acceptors (Lipinski definition) is 3. The van der Waals surface area contributed by atoms with Crippen molar-refractivity contribution in [2.45, 2.75) is 12.5 Å². The fourth-order valence-electron chi connectivity index (χ4n) is 1.79. The topological polar surface area (TPSA) is 66.6 Å². The zero-order valence-electron chi connectivity index (χ0n) is 8.39. The van der Waals surface area contributed by atoms with Crippen LogP contribution in [0.3, 0.4) is 0 Å². The Morgan fingerprint density at radius 1 is 1.53 bits per heavy atom. The van der Waals surface area contributed by atoms with E-state index in [-0.39, 0.29) is 17.7 Å². The molecule has 4 nitrogen and oxygen atoms in total. The monoisotopic (exact) mass is 206 g/mol. The molecule has 1 aliphatic rings. The molecule has 1 aliphatic heterocycles. The van der Waals surface area contributed by atoms with Crippen LogP contribution in [0, 0.1) is 0 Å². The summed E-state index contributed by atoms with van der Waals surface area (Å²) in [5.41, 5.74) is 6.25. The smallest absolute Gasteiger partial charge is 0.254 e. The van der Waals surface area contributed by atoms with E-state index in [1.54, 1.807) is 23.1 Å². The molecule has 1 unspecified atom stereocenters. The van der Waals surface area contributed by atoms with Gasteiger partial charge in [-0.1, -0.05) is 6.07 Å². The molecular weight excluding hydrogens is 192 g/mol. The highest BCUT2D eigenvalue weighted by atomic mass is 16.3. The maximum absolute atomic E-state index is 11.9. The van der Waals surface area contributed by atoms with E-state index in [9.17, 15) is 9.90 Å². The molecule has 0 saturated carbocycles. The molecule has 1 atom stereocenters. The van der Waals surface area contributed by atoms with Crippen molar-refractivity contribution in [1.82, 2.24) is 4.90 Å². The zero-order valence-corrected chi connectivity index (χ0v) is 8.39. The van der Waals surface area contributed by atoms with Gasteiger partial charge in [0.2, 0.25) is 0 Å². The van der Waals surface area contributed by atoms with E-state index in [0.29, 0.717) is 18.7 Å². The van der Waals surface area contributed by atoms with Crippen molar-refractivity contribution in [3.63, 3.8) is 0 Å². The number of carbonyl (C=O) groups excluding carboxylic acids is 1. The molecule has 1 aromatic rings. The first-order valence-corrected chi connectivity index (χ1v) is 5.00. The fraction of sp³-hybridized carbons (Fsp3) is 0.364. The zero-order chi connectivity index (χ0) is 10.8. The van der Waals surface area contributed by atoms with Crippen LogP contribution in [-0.2, 0) is 0 Å². The summed E-state index contributed by atoms with van der Waals surface area (Å²) in [5.74, 6) is 0.0585. The van der Waals surface area contributed by atoms with E-state index < -0.39 is 0 Å². The van der Waals surface area contributed by atoms with Crippen LogP contribution in [0.5, 0.6) is 5.75 Å². The maximum Gasteiger partial charge on any atom is 0.254 e. The van der Waals surface area contributed by atoms with Crippen LogP contribution in [0.15, 0.2) is 24.3 Å². The molecule has 1 heterocycles. The van der Waals surface area contributed by atoms with Crippen LogP contribution >= 0.6 is 0 Å². The van der Waals surface area contributed by atoms with Gasteiger partial charge in [-0.3, -0.25) is 4.79 Å². The van der Waals surface area contributed by atoms with Crippen molar-refractivity contribution in [3.05, 3.63) is 29.8 Å². The van der Waals surface area contributed by atoms with E-state index in [0.717, 1.165) is 6.42 Å². The van der Waals surface area contributed by atoms with Crippen molar-refractivity contribution in [3.8, 4) is 5.75 Å².